The maximum Gasteiger partial charge on any atom is 0.264 e. The predicted octanol–water partition coefficient (Wildman–Crippen LogP) is 3.32. The standard InChI is InChI=1S/C19H16N2O5S/c1-23-13-5-3-12(4-6-13)20-19-21-18(22)17(27-19)8-11-7-15-16(26-10-25-15)9-14(11)24-2/h3-9H,10H2,1-2H3,(H,20,21,22)/b17-8+. The van der Waals surface area contributed by atoms with Crippen molar-refractivity contribution in [2.75, 3.05) is 21.0 Å². The van der Waals surface area contributed by atoms with Crippen LogP contribution in [-0.2, 0) is 4.79 Å². The Hall–Kier alpha value is -3.13. The number of ether oxygens (including phenoxy) is 4. The van der Waals surface area contributed by atoms with Gasteiger partial charge < -0.3 is 24.3 Å². The molecule has 0 bridgehead atoms. The van der Waals surface area contributed by atoms with Crippen molar-refractivity contribution >= 4 is 34.6 Å². The van der Waals surface area contributed by atoms with Gasteiger partial charge in [-0.1, -0.05) is 0 Å². The van der Waals surface area contributed by atoms with Crippen LogP contribution in [0.25, 0.3) is 6.08 Å². The quantitative estimate of drug-likeness (QED) is 0.815. The summed E-state index contributed by atoms with van der Waals surface area (Å²) >= 11 is 1.26. The van der Waals surface area contributed by atoms with E-state index < -0.39 is 0 Å². The highest BCUT2D eigenvalue weighted by Gasteiger charge is 2.25. The number of carbonyl (C=O) groups excluding carboxylic acids is 1. The van der Waals surface area contributed by atoms with Crippen LogP contribution < -0.4 is 24.3 Å². The molecule has 2 aromatic rings. The molecule has 1 fully saturated rings. The highest BCUT2D eigenvalue weighted by atomic mass is 32.2. The second-order valence-corrected chi connectivity index (χ2v) is 6.66. The molecule has 8 heteroatoms. The van der Waals surface area contributed by atoms with Gasteiger partial charge in [-0.3, -0.25) is 4.79 Å². The molecule has 0 aliphatic carbocycles. The number of nitrogens with zero attached hydrogens (tertiary/aromatic N) is 1. The third-order valence-corrected chi connectivity index (χ3v) is 4.88. The minimum atomic E-state index is -0.216. The molecular weight excluding hydrogens is 368 g/mol. The van der Waals surface area contributed by atoms with E-state index in [1.807, 2.05) is 24.3 Å². The summed E-state index contributed by atoms with van der Waals surface area (Å²) < 4.78 is 21.3. The van der Waals surface area contributed by atoms with E-state index in [4.69, 9.17) is 18.9 Å². The number of aliphatic imine (C=N–C) groups is 1. The maximum absolute atomic E-state index is 12.3. The van der Waals surface area contributed by atoms with Crippen LogP contribution >= 0.6 is 11.8 Å². The van der Waals surface area contributed by atoms with Gasteiger partial charge in [0.15, 0.2) is 16.7 Å². The molecule has 0 aromatic heterocycles. The van der Waals surface area contributed by atoms with Gasteiger partial charge in [-0.15, -0.1) is 0 Å². The lowest BCUT2D eigenvalue weighted by Crippen LogP contribution is -2.19. The normalized spacial score (nSPS) is 18.1. The van der Waals surface area contributed by atoms with E-state index in [0.29, 0.717) is 27.3 Å². The van der Waals surface area contributed by atoms with Gasteiger partial charge in [-0.05, 0) is 48.2 Å². The molecule has 1 amide bonds. The van der Waals surface area contributed by atoms with Crippen LogP contribution in [0.4, 0.5) is 5.69 Å². The number of thioether (sulfide) groups is 1. The fourth-order valence-electron chi connectivity index (χ4n) is 2.62. The summed E-state index contributed by atoms with van der Waals surface area (Å²) in [5, 5.41) is 3.28. The lowest BCUT2D eigenvalue weighted by atomic mass is 10.1. The maximum atomic E-state index is 12.3. The summed E-state index contributed by atoms with van der Waals surface area (Å²) in [5.74, 6) is 2.38. The number of nitrogens with one attached hydrogen (secondary N) is 1. The molecule has 0 radical (unpaired) electrons. The van der Waals surface area contributed by atoms with Crippen LogP contribution in [0.1, 0.15) is 5.56 Å². The van der Waals surface area contributed by atoms with Crippen LogP contribution in [0.2, 0.25) is 0 Å². The van der Waals surface area contributed by atoms with Crippen LogP contribution in [0.15, 0.2) is 46.3 Å². The summed E-state index contributed by atoms with van der Waals surface area (Å²) in [4.78, 5) is 17.3. The van der Waals surface area contributed by atoms with Gasteiger partial charge in [-0.25, -0.2) is 4.99 Å². The first-order chi connectivity index (χ1) is 13.2. The minimum absolute atomic E-state index is 0.173. The average molecular weight is 384 g/mol. The molecule has 2 aromatic carbocycles. The highest BCUT2D eigenvalue weighted by Crippen LogP contribution is 2.40. The third-order valence-electron chi connectivity index (χ3n) is 3.97. The highest BCUT2D eigenvalue weighted by molar-refractivity contribution is 8.18. The Kier molecular flexibility index (Phi) is 4.64. The number of amides is 1. The van der Waals surface area contributed by atoms with E-state index in [1.54, 1.807) is 32.4 Å². The average Bonchev–Trinajstić information content (AvgIpc) is 3.27. The number of amidine groups is 1. The molecule has 138 valence electrons. The van der Waals surface area contributed by atoms with E-state index in [2.05, 4.69) is 10.3 Å². The van der Waals surface area contributed by atoms with E-state index >= 15 is 0 Å². The van der Waals surface area contributed by atoms with Gasteiger partial charge in [0, 0.05) is 11.6 Å². The first-order valence-electron chi connectivity index (χ1n) is 8.07. The summed E-state index contributed by atoms with van der Waals surface area (Å²) in [5.41, 5.74) is 1.45. The van der Waals surface area contributed by atoms with Crippen LogP contribution in [-0.4, -0.2) is 32.1 Å². The molecule has 2 aliphatic rings. The topological polar surface area (TPSA) is 78.4 Å². The number of fused-ring (bicyclic) bond motifs is 1. The van der Waals surface area contributed by atoms with Crippen LogP contribution in [0.5, 0.6) is 23.0 Å². The number of hydrogen-bond acceptors (Lipinski definition) is 7. The molecule has 1 N–H and O–H groups in total. The molecule has 2 heterocycles. The van der Waals surface area contributed by atoms with E-state index in [0.717, 1.165) is 17.0 Å². The predicted molar refractivity (Wildman–Crippen MR) is 103 cm³/mol. The number of rotatable bonds is 4. The molecule has 7 nitrogen and oxygen atoms in total. The monoisotopic (exact) mass is 384 g/mol. The number of carbonyl (C=O) groups is 1. The number of methoxy groups -OCH3 is 2. The van der Waals surface area contributed by atoms with Crippen LogP contribution in [0.3, 0.4) is 0 Å². The molecule has 4 rings (SSSR count). The van der Waals surface area contributed by atoms with Gasteiger partial charge in [0.2, 0.25) is 6.79 Å². The molecule has 0 atom stereocenters. The van der Waals surface area contributed by atoms with E-state index in [1.165, 1.54) is 11.8 Å². The summed E-state index contributed by atoms with van der Waals surface area (Å²) in [6, 6.07) is 10.8. The Bertz CT molecular complexity index is 953. The van der Waals surface area contributed by atoms with Crippen molar-refractivity contribution in [2.24, 2.45) is 4.99 Å². The molecule has 27 heavy (non-hydrogen) atoms. The zero-order valence-corrected chi connectivity index (χ0v) is 15.5. The SMILES string of the molecule is COc1ccc(N=C2NC(=O)/C(=C\c3cc4c(cc3OC)OCO4)S2)cc1. The number of hydrogen-bond donors (Lipinski definition) is 1. The fraction of sp³-hybridized carbons (Fsp3) is 0.158. The third kappa shape index (κ3) is 3.56. The van der Waals surface area contributed by atoms with Gasteiger partial charge in [-0.2, -0.15) is 0 Å². The minimum Gasteiger partial charge on any atom is -0.497 e. The molecule has 0 unspecified atom stereocenters. The molecule has 1 saturated heterocycles. The zero-order valence-electron chi connectivity index (χ0n) is 14.6. The smallest absolute Gasteiger partial charge is 0.264 e. The lowest BCUT2D eigenvalue weighted by molar-refractivity contribution is -0.115. The second-order valence-electron chi connectivity index (χ2n) is 5.63. The molecule has 2 aliphatic heterocycles. The van der Waals surface area contributed by atoms with Crippen molar-refractivity contribution in [1.82, 2.24) is 5.32 Å². The van der Waals surface area contributed by atoms with E-state index in [9.17, 15) is 4.79 Å². The Balaban J connectivity index is 1.60. The molecule has 0 spiro atoms. The summed E-state index contributed by atoms with van der Waals surface area (Å²) in [7, 11) is 3.17. The van der Waals surface area contributed by atoms with Gasteiger partial charge >= 0.3 is 0 Å². The molecular formula is C19H16N2O5S. The van der Waals surface area contributed by atoms with Gasteiger partial charge in [0.25, 0.3) is 5.91 Å². The van der Waals surface area contributed by atoms with Crippen molar-refractivity contribution < 1.29 is 23.7 Å². The summed E-state index contributed by atoms with van der Waals surface area (Å²) in [6.07, 6.45) is 1.75. The molecule has 0 saturated carbocycles. The second kappa shape index (κ2) is 7.24. The fourth-order valence-corrected chi connectivity index (χ4v) is 3.46. The first kappa shape index (κ1) is 17.3. The first-order valence-corrected chi connectivity index (χ1v) is 8.89. The van der Waals surface area contributed by atoms with Crippen molar-refractivity contribution in [3.05, 3.63) is 46.9 Å². The largest absolute Gasteiger partial charge is 0.497 e. The zero-order chi connectivity index (χ0) is 18.8. The van der Waals surface area contributed by atoms with Gasteiger partial charge in [0.1, 0.15) is 11.5 Å². The Labute approximate surface area is 160 Å². The lowest BCUT2D eigenvalue weighted by Gasteiger charge is -2.06. The van der Waals surface area contributed by atoms with Crippen molar-refractivity contribution in [3.8, 4) is 23.0 Å². The van der Waals surface area contributed by atoms with Crippen molar-refractivity contribution in [1.29, 1.82) is 0 Å². The van der Waals surface area contributed by atoms with Crippen LogP contribution in [0, 0.1) is 0 Å². The Morgan fingerprint density at radius 1 is 1.11 bits per heavy atom. The van der Waals surface area contributed by atoms with E-state index in [-0.39, 0.29) is 12.7 Å². The van der Waals surface area contributed by atoms with Crippen molar-refractivity contribution in [3.63, 3.8) is 0 Å². The summed E-state index contributed by atoms with van der Waals surface area (Å²) in [6.45, 7) is 0.173. The Morgan fingerprint density at radius 2 is 1.85 bits per heavy atom. The van der Waals surface area contributed by atoms with Crippen molar-refractivity contribution in [2.45, 2.75) is 0 Å². The number of benzene rings is 2. The Morgan fingerprint density at radius 3 is 2.56 bits per heavy atom. The van der Waals surface area contributed by atoms with Gasteiger partial charge in [0.05, 0.1) is 24.8 Å².